The smallest absolute Gasteiger partial charge is 0.251 e. The number of hydrogen-bond acceptors (Lipinski definition) is 4. The molecule has 0 radical (unpaired) electrons. The van der Waals surface area contributed by atoms with Crippen LogP contribution in [-0.4, -0.2) is 28.0 Å². The van der Waals surface area contributed by atoms with Crippen LogP contribution in [0.15, 0.2) is 23.1 Å². The summed E-state index contributed by atoms with van der Waals surface area (Å²) in [6.07, 6.45) is 3.42. The molecule has 1 amide bonds. The molecule has 110 valence electrons. The lowest BCUT2D eigenvalue weighted by molar-refractivity contribution is 0.0952. The molecule has 1 aliphatic carbocycles. The molecule has 0 aromatic heterocycles. The van der Waals surface area contributed by atoms with Gasteiger partial charge in [0.15, 0.2) is 0 Å². The maximum Gasteiger partial charge on any atom is 0.251 e. The van der Waals surface area contributed by atoms with Crippen molar-refractivity contribution in [3.63, 3.8) is 0 Å². The van der Waals surface area contributed by atoms with Gasteiger partial charge in [-0.15, -0.1) is 0 Å². The molecule has 20 heavy (non-hydrogen) atoms. The number of sulfonamides is 1. The van der Waals surface area contributed by atoms with Gasteiger partial charge >= 0.3 is 0 Å². The maximum absolute atomic E-state index is 11.9. The molecule has 0 bridgehead atoms. The van der Waals surface area contributed by atoms with E-state index in [0.29, 0.717) is 6.54 Å². The zero-order valence-corrected chi connectivity index (χ0v) is 12.1. The van der Waals surface area contributed by atoms with E-state index in [9.17, 15) is 13.2 Å². The number of rotatable bonds is 6. The van der Waals surface area contributed by atoms with Crippen molar-refractivity contribution in [3.05, 3.63) is 23.8 Å². The van der Waals surface area contributed by atoms with Crippen molar-refractivity contribution in [1.82, 2.24) is 5.32 Å². The molecule has 0 spiro atoms. The topological polar surface area (TPSA) is 98.5 Å². The van der Waals surface area contributed by atoms with Crippen LogP contribution in [0.2, 0.25) is 0 Å². The highest BCUT2D eigenvalue weighted by molar-refractivity contribution is 7.89. The number of primary sulfonamides is 1. The number of nitrogens with one attached hydrogen (secondary N) is 1. The third-order valence-electron chi connectivity index (χ3n) is 3.27. The first-order valence-electron chi connectivity index (χ1n) is 6.41. The molecule has 0 atom stereocenters. The molecular formula is C13H18N2O4S. The van der Waals surface area contributed by atoms with Crippen LogP contribution in [-0.2, 0) is 10.0 Å². The molecule has 0 aliphatic heterocycles. The van der Waals surface area contributed by atoms with Crippen LogP contribution in [0, 0.1) is 5.92 Å². The molecule has 1 saturated carbocycles. The molecule has 1 aromatic rings. The first-order chi connectivity index (χ1) is 9.41. The van der Waals surface area contributed by atoms with E-state index in [1.54, 1.807) is 0 Å². The third-order valence-corrected chi connectivity index (χ3v) is 4.20. The van der Waals surface area contributed by atoms with Crippen LogP contribution in [0.25, 0.3) is 0 Å². The molecule has 1 fully saturated rings. The highest BCUT2D eigenvalue weighted by Gasteiger charge is 2.21. The van der Waals surface area contributed by atoms with Gasteiger partial charge in [-0.05, 0) is 30.5 Å². The Morgan fingerprint density at radius 3 is 2.70 bits per heavy atom. The summed E-state index contributed by atoms with van der Waals surface area (Å²) < 4.78 is 27.9. The molecule has 2 rings (SSSR count). The van der Waals surface area contributed by atoms with Gasteiger partial charge in [-0.1, -0.05) is 12.8 Å². The highest BCUT2D eigenvalue weighted by Crippen LogP contribution is 2.31. The molecule has 0 saturated heterocycles. The van der Waals surface area contributed by atoms with Crippen LogP contribution < -0.4 is 15.2 Å². The van der Waals surface area contributed by atoms with Gasteiger partial charge in [-0.2, -0.15) is 0 Å². The van der Waals surface area contributed by atoms with Crippen molar-refractivity contribution in [2.45, 2.75) is 24.2 Å². The molecule has 0 heterocycles. The largest absolute Gasteiger partial charge is 0.495 e. The average Bonchev–Trinajstić information content (AvgIpc) is 3.21. The third kappa shape index (κ3) is 3.71. The Morgan fingerprint density at radius 1 is 1.45 bits per heavy atom. The Morgan fingerprint density at radius 2 is 2.15 bits per heavy atom. The fraction of sp³-hybridized carbons (Fsp3) is 0.462. The first kappa shape index (κ1) is 14.8. The molecular weight excluding hydrogens is 280 g/mol. The maximum atomic E-state index is 11.9. The van der Waals surface area contributed by atoms with Crippen LogP contribution >= 0.6 is 0 Å². The van der Waals surface area contributed by atoms with Crippen molar-refractivity contribution in [3.8, 4) is 5.75 Å². The summed E-state index contributed by atoms with van der Waals surface area (Å²) in [7, 11) is -2.58. The summed E-state index contributed by atoms with van der Waals surface area (Å²) in [5, 5.41) is 7.88. The number of nitrogens with two attached hydrogens (primary N) is 1. The minimum atomic E-state index is -3.93. The van der Waals surface area contributed by atoms with Gasteiger partial charge in [-0.3, -0.25) is 4.79 Å². The average molecular weight is 298 g/mol. The molecule has 1 aliphatic rings. The van der Waals surface area contributed by atoms with E-state index in [0.717, 1.165) is 12.3 Å². The van der Waals surface area contributed by atoms with E-state index < -0.39 is 10.0 Å². The number of hydrogen-bond donors (Lipinski definition) is 2. The standard InChI is InChI=1S/C13H18N2O4S/c1-19-11-5-4-10(8-12(11)20(14,17)18)13(16)15-7-6-9-2-3-9/h4-5,8-9H,2-3,6-7H2,1H3,(H,15,16)(H2,14,17,18). The second-order valence-electron chi connectivity index (χ2n) is 4.90. The quantitative estimate of drug-likeness (QED) is 0.814. The van der Waals surface area contributed by atoms with Crippen molar-refractivity contribution in [2.24, 2.45) is 11.1 Å². The van der Waals surface area contributed by atoms with Gasteiger partial charge in [0.25, 0.3) is 5.91 Å². The number of benzene rings is 1. The fourth-order valence-electron chi connectivity index (χ4n) is 1.94. The summed E-state index contributed by atoms with van der Waals surface area (Å²) in [5.74, 6) is 0.548. The molecule has 1 aromatic carbocycles. The Labute approximate surface area is 118 Å². The van der Waals surface area contributed by atoms with Crippen molar-refractivity contribution in [2.75, 3.05) is 13.7 Å². The number of amides is 1. The first-order valence-corrected chi connectivity index (χ1v) is 7.95. The lowest BCUT2D eigenvalue weighted by Crippen LogP contribution is -2.25. The van der Waals surface area contributed by atoms with Gasteiger partial charge in [0.1, 0.15) is 10.6 Å². The van der Waals surface area contributed by atoms with E-state index in [4.69, 9.17) is 9.88 Å². The van der Waals surface area contributed by atoms with Gasteiger partial charge in [0.05, 0.1) is 7.11 Å². The van der Waals surface area contributed by atoms with E-state index in [2.05, 4.69) is 5.32 Å². The number of carbonyl (C=O) groups is 1. The van der Waals surface area contributed by atoms with E-state index >= 15 is 0 Å². The van der Waals surface area contributed by atoms with Gasteiger partial charge in [-0.25, -0.2) is 13.6 Å². The van der Waals surface area contributed by atoms with Gasteiger partial charge in [0.2, 0.25) is 10.0 Å². The normalized spacial score (nSPS) is 14.9. The molecule has 3 N–H and O–H groups in total. The van der Waals surface area contributed by atoms with Crippen LogP contribution in [0.3, 0.4) is 0 Å². The predicted octanol–water partition coefficient (Wildman–Crippen LogP) is 0.872. The molecule has 7 heteroatoms. The summed E-state index contributed by atoms with van der Waals surface area (Å²) in [6, 6.07) is 4.18. The number of ether oxygens (including phenoxy) is 1. The SMILES string of the molecule is COc1ccc(C(=O)NCCC2CC2)cc1S(N)(=O)=O. The summed E-state index contributed by atoms with van der Waals surface area (Å²) in [5.41, 5.74) is 0.255. The summed E-state index contributed by atoms with van der Waals surface area (Å²) in [4.78, 5) is 11.8. The predicted molar refractivity (Wildman–Crippen MR) is 74.0 cm³/mol. The fourth-order valence-corrected chi connectivity index (χ4v) is 2.66. The van der Waals surface area contributed by atoms with Crippen molar-refractivity contribution < 1.29 is 17.9 Å². The zero-order valence-electron chi connectivity index (χ0n) is 11.3. The molecule has 0 unspecified atom stereocenters. The van der Waals surface area contributed by atoms with Gasteiger partial charge in [0, 0.05) is 12.1 Å². The highest BCUT2D eigenvalue weighted by atomic mass is 32.2. The van der Waals surface area contributed by atoms with E-state index in [1.807, 2.05) is 0 Å². The summed E-state index contributed by atoms with van der Waals surface area (Å²) >= 11 is 0. The van der Waals surface area contributed by atoms with Crippen molar-refractivity contribution in [1.29, 1.82) is 0 Å². The number of methoxy groups -OCH3 is 1. The number of carbonyl (C=O) groups excluding carboxylic acids is 1. The van der Waals surface area contributed by atoms with Crippen LogP contribution in [0.5, 0.6) is 5.75 Å². The van der Waals surface area contributed by atoms with Crippen LogP contribution in [0.1, 0.15) is 29.6 Å². The Kier molecular flexibility index (Phi) is 4.29. The Hall–Kier alpha value is -1.60. The minimum Gasteiger partial charge on any atom is -0.495 e. The lowest BCUT2D eigenvalue weighted by Gasteiger charge is -2.09. The second-order valence-corrected chi connectivity index (χ2v) is 6.43. The van der Waals surface area contributed by atoms with Crippen molar-refractivity contribution >= 4 is 15.9 Å². The van der Waals surface area contributed by atoms with Crippen LogP contribution in [0.4, 0.5) is 0 Å². The summed E-state index contributed by atoms with van der Waals surface area (Å²) in [6.45, 7) is 0.597. The van der Waals surface area contributed by atoms with Gasteiger partial charge < -0.3 is 10.1 Å². The Bertz CT molecular complexity index is 609. The monoisotopic (exact) mass is 298 g/mol. The lowest BCUT2D eigenvalue weighted by atomic mass is 10.2. The zero-order chi connectivity index (χ0) is 14.8. The second kappa shape index (κ2) is 5.80. The Balaban J connectivity index is 2.12. The van der Waals surface area contributed by atoms with E-state index in [-0.39, 0.29) is 22.1 Å². The van der Waals surface area contributed by atoms with E-state index in [1.165, 1.54) is 38.2 Å². The minimum absolute atomic E-state index is 0.127. The molecule has 6 nitrogen and oxygen atoms in total.